The molecule has 3 aromatic rings. The molecule has 0 atom stereocenters. The quantitative estimate of drug-likeness (QED) is 0.527. The third-order valence-corrected chi connectivity index (χ3v) is 6.06. The van der Waals surface area contributed by atoms with Crippen molar-refractivity contribution in [3.8, 4) is 16.5 Å². The zero-order valence-electron chi connectivity index (χ0n) is 17.0. The Kier molecular flexibility index (Phi) is 6.35. The van der Waals surface area contributed by atoms with Crippen molar-refractivity contribution in [3.63, 3.8) is 0 Å². The molecule has 0 saturated carbocycles. The van der Waals surface area contributed by atoms with E-state index in [-0.39, 0.29) is 11.9 Å². The van der Waals surface area contributed by atoms with E-state index in [4.69, 9.17) is 4.74 Å². The Morgan fingerprint density at radius 2 is 1.81 bits per heavy atom. The fraction of sp³-hybridized carbons (Fsp3) is 0.429. The number of alkyl halides is 3. The largest absolute Gasteiger partial charge is 0.490 e. The highest BCUT2D eigenvalue weighted by Gasteiger charge is 2.35. The first kappa shape index (κ1) is 21.5. The molecule has 1 saturated heterocycles. The minimum atomic E-state index is -4.43. The van der Waals surface area contributed by atoms with Crippen LogP contribution in [0.5, 0.6) is 5.75 Å². The average molecular weight is 450 g/mol. The van der Waals surface area contributed by atoms with E-state index in [2.05, 4.69) is 32.2 Å². The molecular formula is C21H22F3N5OS. The summed E-state index contributed by atoms with van der Waals surface area (Å²) in [4.78, 5) is 2.06. The second-order valence-corrected chi connectivity index (χ2v) is 8.39. The third-order valence-electron chi connectivity index (χ3n) is 5.05. The first-order chi connectivity index (χ1) is 14.9. The lowest BCUT2D eigenvalue weighted by Gasteiger charge is -2.33. The molecule has 6 nitrogen and oxygen atoms in total. The van der Waals surface area contributed by atoms with Gasteiger partial charge in [-0.25, -0.2) is 0 Å². The predicted molar refractivity (Wildman–Crippen MR) is 112 cm³/mol. The molecule has 1 aliphatic heterocycles. The van der Waals surface area contributed by atoms with Crippen LogP contribution in [0, 0.1) is 0 Å². The topological polar surface area (TPSA) is 64.0 Å². The molecule has 0 spiro atoms. The summed E-state index contributed by atoms with van der Waals surface area (Å²) in [6, 6.07) is 9.11. The molecule has 4 rings (SSSR count). The van der Waals surface area contributed by atoms with Crippen molar-refractivity contribution in [2.24, 2.45) is 0 Å². The molecule has 1 aromatic carbocycles. The summed E-state index contributed by atoms with van der Waals surface area (Å²) in [5, 5.41) is 18.7. The van der Waals surface area contributed by atoms with Crippen LogP contribution in [0.3, 0.4) is 0 Å². The van der Waals surface area contributed by atoms with Gasteiger partial charge in [0, 0.05) is 32.4 Å². The molecule has 0 unspecified atom stereocenters. The Morgan fingerprint density at radius 3 is 2.48 bits per heavy atom. The van der Waals surface area contributed by atoms with Crippen molar-refractivity contribution in [1.82, 2.24) is 20.4 Å². The van der Waals surface area contributed by atoms with Crippen molar-refractivity contribution in [1.29, 1.82) is 0 Å². The maximum absolute atomic E-state index is 13.2. The van der Waals surface area contributed by atoms with E-state index in [1.807, 2.05) is 12.1 Å². The van der Waals surface area contributed by atoms with Crippen LogP contribution in [-0.2, 0) is 12.6 Å². The number of ether oxygens (including phenoxy) is 1. The van der Waals surface area contributed by atoms with Crippen molar-refractivity contribution < 1.29 is 17.9 Å². The number of piperidine rings is 1. The van der Waals surface area contributed by atoms with Gasteiger partial charge in [-0.15, -0.1) is 20.4 Å². The smallest absolute Gasteiger partial charge is 0.419 e. The molecule has 3 heterocycles. The third kappa shape index (κ3) is 5.12. The highest BCUT2D eigenvalue weighted by Crippen LogP contribution is 2.37. The van der Waals surface area contributed by atoms with Gasteiger partial charge < -0.3 is 9.64 Å². The van der Waals surface area contributed by atoms with Crippen LogP contribution >= 0.6 is 11.3 Å². The zero-order chi connectivity index (χ0) is 21.8. The van der Waals surface area contributed by atoms with Gasteiger partial charge in [-0.3, -0.25) is 0 Å². The number of halogens is 3. The lowest BCUT2D eigenvalue weighted by molar-refractivity contribution is -0.139. The lowest BCUT2D eigenvalue weighted by Crippen LogP contribution is -2.39. The molecule has 0 radical (unpaired) electrons. The molecule has 10 heteroatoms. The van der Waals surface area contributed by atoms with Gasteiger partial charge in [-0.2, -0.15) is 13.2 Å². The minimum absolute atomic E-state index is 0.114. The van der Waals surface area contributed by atoms with E-state index in [0.29, 0.717) is 31.6 Å². The van der Waals surface area contributed by atoms with Crippen LogP contribution in [0.25, 0.3) is 10.7 Å². The fourth-order valence-electron chi connectivity index (χ4n) is 3.47. The van der Waals surface area contributed by atoms with E-state index in [9.17, 15) is 13.2 Å². The second-order valence-electron chi connectivity index (χ2n) is 7.33. The summed E-state index contributed by atoms with van der Waals surface area (Å²) in [6.45, 7) is 3.36. The highest BCUT2D eigenvalue weighted by atomic mass is 32.1. The lowest BCUT2D eigenvalue weighted by atomic mass is 10.1. The zero-order valence-corrected chi connectivity index (χ0v) is 17.8. The average Bonchev–Trinajstić information content (AvgIpc) is 3.23. The summed E-state index contributed by atoms with van der Waals surface area (Å²) in [6.07, 6.45) is -1.59. The number of para-hydroxylation sites is 1. The van der Waals surface area contributed by atoms with Crippen molar-refractivity contribution in [2.75, 3.05) is 18.0 Å². The summed E-state index contributed by atoms with van der Waals surface area (Å²) in [5.74, 6) is 0.619. The van der Waals surface area contributed by atoms with E-state index >= 15 is 0 Å². The first-order valence-electron chi connectivity index (χ1n) is 10.2. The Balaban J connectivity index is 1.36. The van der Waals surface area contributed by atoms with Gasteiger partial charge in [-0.1, -0.05) is 30.4 Å². The van der Waals surface area contributed by atoms with Gasteiger partial charge in [0.15, 0.2) is 10.8 Å². The van der Waals surface area contributed by atoms with Crippen LogP contribution < -0.4 is 9.64 Å². The van der Waals surface area contributed by atoms with Gasteiger partial charge >= 0.3 is 6.18 Å². The summed E-state index contributed by atoms with van der Waals surface area (Å²) >= 11 is 1.52. The summed E-state index contributed by atoms with van der Waals surface area (Å²) < 4.78 is 45.2. The number of rotatable bonds is 6. The summed E-state index contributed by atoms with van der Waals surface area (Å²) in [7, 11) is 0. The SMILES string of the molecule is CCCc1nnc(-c2ccc(N3CCC(Oc4ccccc4C(F)(F)F)CC3)nn2)s1. The van der Waals surface area contributed by atoms with Crippen molar-refractivity contribution >= 4 is 17.2 Å². The highest BCUT2D eigenvalue weighted by molar-refractivity contribution is 7.14. The Morgan fingerprint density at radius 1 is 1.03 bits per heavy atom. The fourth-order valence-corrected chi connectivity index (χ4v) is 4.37. The number of hydrogen-bond acceptors (Lipinski definition) is 7. The molecular weight excluding hydrogens is 427 g/mol. The van der Waals surface area contributed by atoms with Crippen molar-refractivity contribution in [2.45, 2.75) is 44.9 Å². The molecule has 0 aliphatic carbocycles. The molecule has 0 amide bonds. The normalized spacial score (nSPS) is 15.3. The van der Waals surface area contributed by atoms with Crippen LogP contribution in [0.15, 0.2) is 36.4 Å². The number of hydrogen-bond donors (Lipinski definition) is 0. The van der Waals surface area contributed by atoms with Gasteiger partial charge in [0.2, 0.25) is 0 Å². The second kappa shape index (κ2) is 9.17. The van der Waals surface area contributed by atoms with E-state index in [0.717, 1.165) is 34.7 Å². The van der Waals surface area contributed by atoms with E-state index in [1.54, 1.807) is 6.07 Å². The van der Waals surface area contributed by atoms with Gasteiger partial charge in [0.1, 0.15) is 22.6 Å². The molecule has 31 heavy (non-hydrogen) atoms. The van der Waals surface area contributed by atoms with Crippen LogP contribution in [0.2, 0.25) is 0 Å². The molecule has 1 fully saturated rings. The molecule has 0 bridgehead atoms. The molecule has 2 aromatic heterocycles. The Labute approximate surface area is 182 Å². The summed E-state index contributed by atoms with van der Waals surface area (Å²) in [5.41, 5.74) is -0.0526. The Hall–Kier alpha value is -2.75. The molecule has 1 aliphatic rings. The number of anilines is 1. The van der Waals surface area contributed by atoms with Gasteiger partial charge in [0.05, 0.1) is 5.56 Å². The monoisotopic (exact) mass is 449 g/mol. The van der Waals surface area contributed by atoms with Gasteiger partial charge in [0.25, 0.3) is 0 Å². The maximum atomic E-state index is 13.2. The number of nitrogens with zero attached hydrogens (tertiary/aromatic N) is 5. The Bertz CT molecular complexity index is 1000. The molecule has 164 valence electrons. The number of aromatic nitrogens is 4. The number of aryl methyl sites for hydroxylation is 1. The van der Waals surface area contributed by atoms with Gasteiger partial charge in [-0.05, 0) is 30.7 Å². The predicted octanol–water partition coefficient (Wildman–Crippen LogP) is 5.01. The van der Waals surface area contributed by atoms with Crippen molar-refractivity contribution in [3.05, 3.63) is 47.0 Å². The minimum Gasteiger partial charge on any atom is -0.490 e. The number of benzene rings is 1. The van der Waals surface area contributed by atoms with E-state index in [1.165, 1.54) is 23.5 Å². The first-order valence-corrected chi connectivity index (χ1v) is 11.0. The maximum Gasteiger partial charge on any atom is 0.419 e. The van der Waals surface area contributed by atoms with Crippen LogP contribution in [0.1, 0.15) is 36.8 Å². The molecule has 0 N–H and O–H groups in total. The standard InChI is InChI=1S/C21H22F3N5OS/c1-2-5-19-27-28-20(31-19)16-8-9-18(26-25-16)29-12-10-14(11-13-29)30-17-7-4-3-6-15(17)21(22,23)24/h3-4,6-9,14H,2,5,10-13H2,1H3. The van der Waals surface area contributed by atoms with Crippen LogP contribution in [0.4, 0.5) is 19.0 Å². The van der Waals surface area contributed by atoms with Crippen LogP contribution in [-0.4, -0.2) is 39.6 Å². The van der Waals surface area contributed by atoms with E-state index < -0.39 is 11.7 Å².